The van der Waals surface area contributed by atoms with Gasteiger partial charge in [-0.2, -0.15) is 0 Å². The number of rotatable bonds is 3. The predicted octanol–water partition coefficient (Wildman–Crippen LogP) is 0.643. The highest BCUT2D eigenvalue weighted by Crippen LogP contribution is 2.21. The number of aliphatic carboxylic acids is 1. The van der Waals surface area contributed by atoms with Crippen molar-refractivity contribution in [3.8, 4) is 12.3 Å². The number of hydrogen-bond donors (Lipinski definition) is 2. The molecule has 0 amide bonds. The summed E-state index contributed by atoms with van der Waals surface area (Å²) in [6.45, 7) is 0. The number of ether oxygens (including phenoxy) is 1. The standard InChI is InChI=1S/C10H10O4/c1-2-7-5-6-14-10(13)8(7)3-4-9(11)12/h1,5-6,10,13H,3-4H2,(H,11,12). The maximum Gasteiger partial charge on any atom is 0.303 e. The normalized spacial score (nSPS) is 20.1. The Bertz CT molecular complexity index is 333. The minimum absolute atomic E-state index is 0.0746. The van der Waals surface area contributed by atoms with E-state index in [0.717, 1.165) is 0 Å². The highest BCUT2D eigenvalue weighted by molar-refractivity contribution is 5.67. The molecule has 0 aromatic heterocycles. The zero-order valence-electron chi connectivity index (χ0n) is 7.43. The Hall–Kier alpha value is -1.73. The van der Waals surface area contributed by atoms with Crippen molar-refractivity contribution in [3.05, 3.63) is 23.5 Å². The van der Waals surface area contributed by atoms with Crippen LogP contribution in [0.4, 0.5) is 0 Å². The number of carboxylic acids is 1. The van der Waals surface area contributed by atoms with E-state index in [1.54, 1.807) is 0 Å². The maximum atomic E-state index is 10.3. The summed E-state index contributed by atoms with van der Waals surface area (Å²) in [4.78, 5) is 10.3. The lowest BCUT2D eigenvalue weighted by Crippen LogP contribution is -2.17. The van der Waals surface area contributed by atoms with Crippen LogP contribution in [0.3, 0.4) is 0 Å². The van der Waals surface area contributed by atoms with E-state index >= 15 is 0 Å². The first-order valence-corrected chi connectivity index (χ1v) is 4.06. The van der Waals surface area contributed by atoms with Gasteiger partial charge in [-0.05, 0) is 12.5 Å². The van der Waals surface area contributed by atoms with Crippen LogP contribution in [-0.4, -0.2) is 22.5 Å². The van der Waals surface area contributed by atoms with Gasteiger partial charge in [-0.15, -0.1) is 6.42 Å². The molecule has 14 heavy (non-hydrogen) atoms. The molecule has 2 N–H and O–H groups in total. The molecule has 0 radical (unpaired) electrons. The largest absolute Gasteiger partial charge is 0.481 e. The molecule has 1 atom stereocenters. The summed E-state index contributed by atoms with van der Waals surface area (Å²) in [5.41, 5.74) is 0.933. The van der Waals surface area contributed by atoms with Crippen molar-refractivity contribution in [2.24, 2.45) is 0 Å². The van der Waals surface area contributed by atoms with Gasteiger partial charge in [0, 0.05) is 17.6 Å². The molecule has 4 heteroatoms. The van der Waals surface area contributed by atoms with E-state index in [4.69, 9.17) is 16.3 Å². The average molecular weight is 194 g/mol. The van der Waals surface area contributed by atoms with Gasteiger partial charge in [-0.3, -0.25) is 4.79 Å². The summed E-state index contributed by atoms with van der Waals surface area (Å²) >= 11 is 0. The molecule has 1 rings (SSSR count). The molecule has 1 aliphatic heterocycles. The van der Waals surface area contributed by atoms with E-state index in [0.29, 0.717) is 11.1 Å². The minimum Gasteiger partial charge on any atom is -0.481 e. The molecule has 0 aliphatic carbocycles. The van der Waals surface area contributed by atoms with Crippen LogP contribution in [0.15, 0.2) is 23.5 Å². The Morgan fingerprint density at radius 2 is 2.43 bits per heavy atom. The topological polar surface area (TPSA) is 66.8 Å². The first-order chi connectivity index (χ1) is 6.65. The Morgan fingerprint density at radius 1 is 1.71 bits per heavy atom. The molecule has 0 aromatic carbocycles. The van der Waals surface area contributed by atoms with Crippen molar-refractivity contribution in [1.29, 1.82) is 0 Å². The van der Waals surface area contributed by atoms with Crippen LogP contribution in [0.25, 0.3) is 0 Å². The number of hydrogen-bond acceptors (Lipinski definition) is 3. The lowest BCUT2D eigenvalue weighted by atomic mass is 10.0. The Kier molecular flexibility index (Phi) is 3.32. The lowest BCUT2D eigenvalue weighted by Gasteiger charge is -2.18. The smallest absolute Gasteiger partial charge is 0.303 e. The molecule has 1 aliphatic rings. The summed E-state index contributed by atoms with van der Waals surface area (Å²) in [7, 11) is 0. The molecule has 74 valence electrons. The Morgan fingerprint density at radius 3 is 3.00 bits per heavy atom. The molecule has 0 aromatic rings. The van der Waals surface area contributed by atoms with Gasteiger partial charge in [0.1, 0.15) is 0 Å². The molecule has 1 heterocycles. The van der Waals surface area contributed by atoms with Crippen molar-refractivity contribution in [1.82, 2.24) is 0 Å². The van der Waals surface area contributed by atoms with E-state index in [1.165, 1.54) is 12.3 Å². The molecule has 0 bridgehead atoms. The molecule has 0 fully saturated rings. The van der Waals surface area contributed by atoms with Crippen molar-refractivity contribution in [3.63, 3.8) is 0 Å². The third kappa shape index (κ3) is 2.38. The first kappa shape index (κ1) is 10.4. The second-order valence-corrected chi connectivity index (χ2v) is 2.77. The zero-order valence-corrected chi connectivity index (χ0v) is 7.43. The maximum absolute atomic E-state index is 10.3. The fourth-order valence-corrected chi connectivity index (χ4v) is 1.14. The van der Waals surface area contributed by atoms with Crippen LogP contribution in [0, 0.1) is 12.3 Å². The van der Waals surface area contributed by atoms with Crippen LogP contribution in [0.1, 0.15) is 12.8 Å². The number of carbonyl (C=O) groups is 1. The molecule has 0 spiro atoms. The monoisotopic (exact) mass is 194 g/mol. The van der Waals surface area contributed by atoms with Gasteiger partial charge >= 0.3 is 5.97 Å². The number of terminal acetylenes is 1. The Balaban J connectivity index is 2.79. The lowest BCUT2D eigenvalue weighted by molar-refractivity contribution is -0.137. The van der Waals surface area contributed by atoms with E-state index in [1.807, 2.05) is 0 Å². The fourth-order valence-electron chi connectivity index (χ4n) is 1.14. The van der Waals surface area contributed by atoms with Crippen LogP contribution in [0.5, 0.6) is 0 Å². The molecule has 4 nitrogen and oxygen atoms in total. The van der Waals surface area contributed by atoms with E-state index in [2.05, 4.69) is 5.92 Å². The van der Waals surface area contributed by atoms with E-state index < -0.39 is 12.3 Å². The summed E-state index contributed by atoms with van der Waals surface area (Å²) < 4.78 is 4.78. The van der Waals surface area contributed by atoms with Crippen LogP contribution in [0.2, 0.25) is 0 Å². The Labute approximate surface area is 81.5 Å². The van der Waals surface area contributed by atoms with Crippen LogP contribution < -0.4 is 0 Å². The highest BCUT2D eigenvalue weighted by Gasteiger charge is 2.18. The molecular formula is C10H10O4. The first-order valence-electron chi connectivity index (χ1n) is 4.06. The number of aliphatic hydroxyl groups excluding tert-OH is 1. The highest BCUT2D eigenvalue weighted by atomic mass is 16.6. The van der Waals surface area contributed by atoms with Gasteiger partial charge in [0.25, 0.3) is 0 Å². The molecular weight excluding hydrogens is 184 g/mol. The van der Waals surface area contributed by atoms with Gasteiger partial charge < -0.3 is 14.9 Å². The molecule has 0 saturated carbocycles. The molecule has 1 unspecified atom stereocenters. The van der Waals surface area contributed by atoms with Crippen LogP contribution in [-0.2, 0) is 9.53 Å². The van der Waals surface area contributed by atoms with Gasteiger partial charge in [0.2, 0.25) is 6.29 Å². The van der Waals surface area contributed by atoms with Crippen LogP contribution >= 0.6 is 0 Å². The fraction of sp³-hybridized carbons (Fsp3) is 0.300. The third-order valence-electron chi connectivity index (χ3n) is 1.85. The predicted molar refractivity (Wildman–Crippen MR) is 49.0 cm³/mol. The quantitative estimate of drug-likeness (QED) is 0.647. The van der Waals surface area contributed by atoms with Gasteiger partial charge in [-0.25, -0.2) is 0 Å². The van der Waals surface area contributed by atoms with Gasteiger partial charge in [-0.1, -0.05) is 5.92 Å². The number of carboxylic acid groups (broad SMARTS) is 1. The second-order valence-electron chi connectivity index (χ2n) is 2.77. The SMILES string of the molecule is C#CC1=C(CCC(=O)O)C(O)OC=C1. The zero-order chi connectivity index (χ0) is 10.6. The third-order valence-corrected chi connectivity index (χ3v) is 1.85. The number of aliphatic hydroxyl groups is 1. The van der Waals surface area contributed by atoms with Crippen molar-refractivity contribution in [2.45, 2.75) is 19.1 Å². The van der Waals surface area contributed by atoms with Crippen molar-refractivity contribution in [2.75, 3.05) is 0 Å². The van der Waals surface area contributed by atoms with Crippen molar-refractivity contribution < 1.29 is 19.7 Å². The number of allylic oxidation sites excluding steroid dienone is 2. The summed E-state index contributed by atoms with van der Waals surface area (Å²) in [5, 5.41) is 17.8. The second kappa shape index (κ2) is 4.49. The summed E-state index contributed by atoms with van der Waals surface area (Å²) in [6.07, 6.45) is 7.02. The van der Waals surface area contributed by atoms with Gasteiger partial charge in [0.05, 0.1) is 6.26 Å². The summed E-state index contributed by atoms with van der Waals surface area (Å²) in [5.74, 6) is 1.43. The minimum atomic E-state index is -1.12. The van der Waals surface area contributed by atoms with E-state index in [-0.39, 0.29) is 12.8 Å². The average Bonchev–Trinajstić information content (AvgIpc) is 2.15. The summed E-state index contributed by atoms with van der Waals surface area (Å²) in [6, 6.07) is 0. The van der Waals surface area contributed by atoms with Gasteiger partial charge in [0.15, 0.2) is 0 Å². The van der Waals surface area contributed by atoms with Crippen molar-refractivity contribution >= 4 is 5.97 Å². The van der Waals surface area contributed by atoms with E-state index in [9.17, 15) is 9.90 Å². The molecule has 0 saturated heterocycles.